The molecule has 0 radical (unpaired) electrons. The summed E-state index contributed by atoms with van der Waals surface area (Å²) in [6.07, 6.45) is 3.84. The van der Waals surface area contributed by atoms with Crippen LogP contribution in [0.5, 0.6) is 0 Å². The maximum absolute atomic E-state index is 12.3. The van der Waals surface area contributed by atoms with E-state index in [1.54, 1.807) is 0 Å². The van der Waals surface area contributed by atoms with Crippen molar-refractivity contribution in [3.05, 3.63) is 48.0 Å². The van der Waals surface area contributed by atoms with E-state index in [1.807, 2.05) is 51.1 Å². The predicted molar refractivity (Wildman–Crippen MR) is 125 cm³/mol. The van der Waals surface area contributed by atoms with Gasteiger partial charge in [-0.3, -0.25) is 0 Å². The molecule has 0 aliphatic heterocycles. The molecule has 0 spiro atoms. The van der Waals surface area contributed by atoms with E-state index >= 15 is 0 Å². The largest absolute Gasteiger partial charge is 0.444 e. The molecule has 1 aromatic rings. The number of aliphatic hydroxyl groups excluding tert-OH is 1. The van der Waals surface area contributed by atoms with Crippen molar-refractivity contribution < 1.29 is 14.6 Å². The molecule has 0 aliphatic rings. The standard InChI is InChI=1S/C25H42N2O3/c1-19(2)11-10-12-20(3)15-16-26-18-23(28)22(17-21-13-8-7-9-14-21)27-24(29)30-25(4,5)6/h7-9,13-14,20,22-23,26,28H,1,10-12,15-18H2,2-6H3,(H,27,29)/t20?,22-,23?/m0/s1. The number of benzene rings is 1. The number of amides is 1. The highest BCUT2D eigenvalue weighted by molar-refractivity contribution is 5.68. The molecular weight excluding hydrogens is 376 g/mol. The van der Waals surface area contributed by atoms with Crippen molar-refractivity contribution in [1.29, 1.82) is 0 Å². The van der Waals surface area contributed by atoms with Crippen molar-refractivity contribution in [1.82, 2.24) is 10.6 Å². The molecular formula is C25H42N2O3. The van der Waals surface area contributed by atoms with Gasteiger partial charge in [0.1, 0.15) is 5.60 Å². The minimum Gasteiger partial charge on any atom is -0.444 e. The quantitative estimate of drug-likeness (QED) is 0.316. The first-order chi connectivity index (χ1) is 14.1. The van der Waals surface area contributed by atoms with Gasteiger partial charge in [0.05, 0.1) is 12.1 Å². The lowest BCUT2D eigenvalue weighted by Gasteiger charge is -2.27. The summed E-state index contributed by atoms with van der Waals surface area (Å²) in [5.74, 6) is 0.633. The second kappa shape index (κ2) is 13.5. The van der Waals surface area contributed by atoms with Crippen molar-refractivity contribution in [3.8, 4) is 0 Å². The summed E-state index contributed by atoms with van der Waals surface area (Å²) in [6.45, 7) is 15.0. The minimum atomic E-state index is -0.712. The first-order valence-corrected chi connectivity index (χ1v) is 11.1. The van der Waals surface area contributed by atoms with E-state index in [0.717, 1.165) is 24.9 Å². The van der Waals surface area contributed by atoms with E-state index in [0.29, 0.717) is 18.9 Å². The van der Waals surface area contributed by atoms with Crippen LogP contribution in [-0.4, -0.2) is 42.0 Å². The monoisotopic (exact) mass is 418 g/mol. The zero-order valence-electron chi connectivity index (χ0n) is 19.5. The molecule has 3 atom stereocenters. The zero-order valence-corrected chi connectivity index (χ0v) is 19.5. The third kappa shape index (κ3) is 12.7. The summed E-state index contributed by atoms with van der Waals surface area (Å²) >= 11 is 0. The van der Waals surface area contributed by atoms with Gasteiger partial charge in [0.2, 0.25) is 0 Å². The Balaban J connectivity index is 2.50. The van der Waals surface area contributed by atoms with Gasteiger partial charge in [0.15, 0.2) is 0 Å². The van der Waals surface area contributed by atoms with Crippen LogP contribution in [0.4, 0.5) is 4.79 Å². The average Bonchev–Trinajstić information content (AvgIpc) is 2.63. The Labute approximate surface area is 183 Å². The number of allylic oxidation sites excluding steroid dienone is 1. The average molecular weight is 419 g/mol. The fraction of sp³-hybridized carbons (Fsp3) is 0.640. The molecule has 5 nitrogen and oxygen atoms in total. The van der Waals surface area contributed by atoms with Crippen molar-refractivity contribution in [2.75, 3.05) is 13.1 Å². The molecule has 5 heteroatoms. The molecule has 0 aromatic heterocycles. The molecule has 30 heavy (non-hydrogen) atoms. The van der Waals surface area contributed by atoms with Crippen LogP contribution in [0.25, 0.3) is 0 Å². The number of hydrogen-bond acceptors (Lipinski definition) is 4. The molecule has 0 bridgehead atoms. The lowest BCUT2D eigenvalue weighted by Crippen LogP contribution is -2.50. The zero-order chi connectivity index (χ0) is 22.6. The van der Waals surface area contributed by atoms with Crippen LogP contribution >= 0.6 is 0 Å². The number of nitrogens with one attached hydrogen (secondary N) is 2. The van der Waals surface area contributed by atoms with E-state index in [2.05, 4.69) is 31.1 Å². The minimum absolute atomic E-state index is 0.422. The van der Waals surface area contributed by atoms with Crippen LogP contribution in [0.3, 0.4) is 0 Å². The molecule has 0 heterocycles. The summed E-state index contributed by atoms with van der Waals surface area (Å²) in [5.41, 5.74) is 1.72. The van der Waals surface area contributed by atoms with Crippen molar-refractivity contribution in [2.45, 2.75) is 84.5 Å². The van der Waals surface area contributed by atoms with Crippen LogP contribution < -0.4 is 10.6 Å². The van der Waals surface area contributed by atoms with Gasteiger partial charge in [-0.25, -0.2) is 4.79 Å². The molecule has 1 aromatic carbocycles. The number of rotatable bonds is 13. The molecule has 3 N–H and O–H groups in total. The lowest BCUT2D eigenvalue weighted by molar-refractivity contribution is 0.0422. The number of carbonyl (C=O) groups is 1. The lowest BCUT2D eigenvalue weighted by atomic mass is 9.99. The van der Waals surface area contributed by atoms with E-state index < -0.39 is 23.8 Å². The Morgan fingerprint density at radius 2 is 1.87 bits per heavy atom. The van der Waals surface area contributed by atoms with Gasteiger partial charge in [0, 0.05) is 6.54 Å². The highest BCUT2D eigenvalue weighted by atomic mass is 16.6. The van der Waals surface area contributed by atoms with Gasteiger partial charge >= 0.3 is 6.09 Å². The fourth-order valence-corrected chi connectivity index (χ4v) is 3.25. The smallest absolute Gasteiger partial charge is 0.407 e. The highest BCUT2D eigenvalue weighted by Crippen LogP contribution is 2.14. The van der Waals surface area contributed by atoms with E-state index in [4.69, 9.17) is 4.74 Å². The Morgan fingerprint density at radius 3 is 2.47 bits per heavy atom. The molecule has 0 aliphatic carbocycles. The predicted octanol–water partition coefficient (Wildman–Crippen LogP) is 4.85. The van der Waals surface area contributed by atoms with Crippen LogP contribution in [0, 0.1) is 5.92 Å². The fourth-order valence-electron chi connectivity index (χ4n) is 3.25. The van der Waals surface area contributed by atoms with Gasteiger partial charge in [-0.2, -0.15) is 0 Å². The van der Waals surface area contributed by atoms with Gasteiger partial charge in [-0.05, 0) is 71.4 Å². The second-order valence-electron chi connectivity index (χ2n) is 9.46. The summed E-state index contributed by atoms with van der Waals surface area (Å²) < 4.78 is 5.38. The Bertz CT molecular complexity index is 625. The van der Waals surface area contributed by atoms with Crippen LogP contribution in [-0.2, 0) is 11.2 Å². The Morgan fingerprint density at radius 1 is 1.20 bits per heavy atom. The molecule has 0 fully saturated rings. The molecule has 170 valence electrons. The van der Waals surface area contributed by atoms with Crippen LogP contribution in [0.2, 0.25) is 0 Å². The third-order valence-corrected chi connectivity index (χ3v) is 4.93. The number of aliphatic hydroxyl groups is 1. The molecule has 2 unspecified atom stereocenters. The van der Waals surface area contributed by atoms with Crippen LogP contribution in [0.15, 0.2) is 42.5 Å². The third-order valence-electron chi connectivity index (χ3n) is 4.93. The maximum atomic E-state index is 12.3. The number of ether oxygens (including phenoxy) is 1. The number of carbonyl (C=O) groups excluding carboxylic acids is 1. The molecule has 0 saturated carbocycles. The van der Waals surface area contributed by atoms with E-state index in [9.17, 15) is 9.90 Å². The first kappa shape index (κ1) is 26.2. The molecule has 1 rings (SSSR count). The second-order valence-corrected chi connectivity index (χ2v) is 9.46. The SMILES string of the molecule is C=C(C)CCCC(C)CCNCC(O)[C@H](Cc1ccccc1)NC(=O)OC(C)(C)C. The van der Waals surface area contributed by atoms with Crippen molar-refractivity contribution in [2.24, 2.45) is 5.92 Å². The van der Waals surface area contributed by atoms with Crippen molar-refractivity contribution in [3.63, 3.8) is 0 Å². The Hall–Kier alpha value is -1.85. The van der Waals surface area contributed by atoms with E-state index in [1.165, 1.54) is 18.4 Å². The van der Waals surface area contributed by atoms with Gasteiger partial charge in [-0.1, -0.05) is 49.2 Å². The number of alkyl carbamates (subject to hydrolysis) is 1. The summed E-state index contributed by atoms with van der Waals surface area (Å²) in [4.78, 5) is 12.3. The normalized spacial score (nSPS) is 14.6. The van der Waals surface area contributed by atoms with E-state index in [-0.39, 0.29) is 0 Å². The first-order valence-electron chi connectivity index (χ1n) is 11.1. The summed E-state index contributed by atoms with van der Waals surface area (Å²) in [5, 5.41) is 16.9. The summed E-state index contributed by atoms with van der Waals surface area (Å²) in [7, 11) is 0. The molecule has 1 amide bonds. The maximum Gasteiger partial charge on any atom is 0.407 e. The van der Waals surface area contributed by atoms with Crippen LogP contribution in [0.1, 0.15) is 65.9 Å². The van der Waals surface area contributed by atoms with Gasteiger partial charge in [0.25, 0.3) is 0 Å². The van der Waals surface area contributed by atoms with Crippen molar-refractivity contribution >= 4 is 6.09 Å². The van der Waals surface area contributed by atoms with Gasteiger partial charge < -0.3 is 20.5 Å². The topological polar surface area (TPSA) is 70.6 Å². The van der Waals surface area contributed by atoms with Gasteiger partial charge in [-0.15, -0.1) is 6.58 Å². The number of hydrogen-bond donors (Lipinski definition) is 3. The summed E-state index contributed by atoms with van der Waals surface area (Å²) in [6, 6.07) is 9.44. The Kier molecular flexibility index (Phi) is 11.7. The highest BCUT2D eigenvalue weighted by Gasteiger charge is 2.24. The molecule has 0 saturated heterocycles.